The van der Waals surface area contributed by atoms with Gasteiger partial charge in [-0.05, 0) is 39.3 Å². The molecule has 0 aromatic carbocycles. The number of nitrogens with two attached hydrogens (primary N) is 1. The number of nitrogens with zero attached hydrogens (tertiary/aromatic N) is 1. The van der Waals surface area contributed by atoms with E-state index < -0.39 is 0 Å². The Morgan fingerprint density at radius 2 is 2.00 bits per heavy atom. The normalized spacial score (nSPS) is 21.7. The molecule has 3 N–H and O–H groups in total. The van der Waals surface area contributed by atoms with Crippen LogP contribution < -0.4 is 11.1 Å². The van der Waals surface area contributed by atoms with Gasteiger partial charge in [0, 0.05) is 25.0 Å². The second-order valence-corrected chi connectivity index (χ2v) is 5.22. The maximum Gasteiger partial charge on any atom is 0.223 e. The predicted molar refractivity (Wildman–Crippen MR) is 85.2 cm³/mol. The number of likely N-dealkylation sites (N-methyl/N-ethyl adjacent to an activating group) is 1. The lowest BCUT2D eigenvalue weighted by Crippen LogP contribution is -2.36. The number of rotatable bonds is 7. The molecule has 19 heavy (non-hydrogen) atoms. The molecule has 1 rings (SSSR count). The zero-order valence-electron chi connectivity index (χ0n) is 12.1. The summed E-state index contributed by atoms with van der Waals surface area (Å²) in [6.07, 6.45) is 5.25. The molecule has 1 aliphatic carbocycles. The number of carbonyl (C=O) groups excluding carboxylic acids is 1. The van der Waals surface area contributed by atoms with Crippen molar-refractivity contribution in [2.45, 2.75) is 45.1 Å². The van der Waals surface area contributed by atoms with E-state index in [0.717, 1.165) is 38.9 Å². The molecule has 0 aromatic heterocycles. The molecule has 0 spiro atoms. The summed E-state index contributed by atoms with van der Waals surface area (Å²) in [6, 6.07) is 0.234. The Bertz CT molecular complexity index is 242. The van der Waals surface area contributed by atoms with Gasteiger partial charge in [-0.1, -0.05) is 13.3 Å². The number of halogens is 2. The average Bonchev–Trinajstić information content (AvgIpc) is 2.73. The van der Waals surface area contributed by atoms with Crippen molar-refractivity contribution >= 4 is 30.7 Å². The first-order valence-electron chi connectivity index (χ1n) is 6.85. The molecule has 2 atom stereocenters. The van der Waals surface area contributed by atoms with Crippen molar-refractivity contribution in [2.24, 2.45) is 11.7 Å². The third kappa shape index (κ3) is 8.69. The van der Waals surface area contributed by atoms with Gasteiger partial charge < -0.3 is 16.0 Å². The highest BCUT2D eigenvalue weighted by Gasteiger charge is 2.27. The molecule has 0 heterocycles. The fourth-order valence-electron chi connectivity index (χ4n) is 2.31. The van der Waals surface area contributed by atoms with Crippen LogP contribution in [-0.4, -0.2) is 43.5 Å². The minimum Gasteiger partial charge on any atom is -0.355 e. The molecule has 116 valence electrons. The van der Waals surface area contributed by atoms with E-state index in [-0.39, 0.29) is 42.7 Å². The summed E-state index contributed by atoms with van der Waals surface area (Å²) in [5, 5.41) is 3.02. The predicted octanol–water partition coefficient (Wildman–Crippen LogP) is 1.81. The minimum absolute atomic E-state index is 0. The lowest BCUT2D eigenvalue weighted by molar-refractivity contribution is -0.124. The fourth-order valence-corrected chi connectivity index (χ4v) is 2.31. The van der Waals surface area contributed by atoms with Crippen molar-refractivity contribution in [3.8, 4) is 0 Å². The van der Waals surface area contributed by atoms with Crippen LogP contribution in [0.5, 0.6) is 0 Å². The molecule has 6 heteroatoms. The fraction of sp³-hybridized carbons (Fsp3) is 0.923. The van der Waals surface area contributed by atoms with Gasteiger partial charge in [0.05, 0.1) is 0 Å². The molecule has 1 fully saturated rings. The van der Waals surface area contributed by atoms with Gasteiger partial charge in [-0.3, -0.25) is 4.79 Å². The summed E-state index contributed by atoms with van der Waals surface area (Å²) in [5.74, 6) is 0.354. The van der Waals surface area contributed by atoms with Gasteiger partial charge in [-0.2, -0.15) is 0 Å². The lowest BCUT2D eigenvalue weighted by Gasteiger charge is -2.17. The van der Waals surface area contributed by atoms with Crippen LogP contribution in [0, 0.1) is 5.92 Å². The lowest BCUT2D eigenvalue weighted by atomic mass is 10.1. The summed E-state index contributed by atoms with van der Waals surface area (Å²) in [7, 11) is 2.10. The van der Waals surface area contributed by atoms with Crippen molar-refractivity contribution in [3.05, 3.63) is 0 Å². The Kier molecular flexibility index (Phi) is 13.2. The molecule has 1 saturated carbocycles. The average molecular weight is 314 g/mol. The second-order valence-electron chi connectivity index (χ2n) is 5.22. The zero-order chi connectivity index (χ0) is 12.7. The largest absolute Gasteiger partial charge is 0.355 e. The Hall–Kier alpha value is -0.0300. The third-order valence-electron chi connectivity index (χ3n) is 3.53. The van der Waals surface area contributed by atoms with Gasteiger partial charge in [0.25, 0.3) is 0 Å². The molecule has 0 aromatic rings. The smallest absolute Gasteiger partial charge is 0.223 e. The first-order valence-corrected chi connectivity index (χ1v) is 6.85. The summed E-state index contributed by atoms with van der Waals surface area (Å²) in [6.45, 7) is 4.99. The van der Waals surface area contributed by atoms with Gasteiger partial charge in [-0.15, -0.1) is 24.8 Å². The maximum absolute atomic E-state index is 11.8. The van der Waals surface area contributed by atoms with Gasteiger partial charge in [0.2, 0.25) is 5.91 Å². The molecule has 0 radical (unpaired) electrons. The summed E-state index contributed by atoms with van der Waals surface area (Å²) >= 11 is 0. The van der Waals surface area contributed by atoms with E-state index >= 15 is 0 Å². The van der Waals surface area contributed by atoms with Gasteiger partial charge >= 0.3 is 0 Å². The van der Waals surface area contributed by atoms with Crippen molar-refractivity contribution < 1.29 is 4.79 Å². The summed E-state index contributed by atoms with van der Waals surface area (Å²) in [5.41, 5.74) is 5.81. The van der Waals surface area contributed by atoms with Crippen LogP contribution in [0.4, 0.5) is 0 Å². The molecule has 0 aliphatic heterocycles. The van der Waals surface area contributed by atoms with Crippen LogP contribution in [0.1, 0.15) is 39.0 Å². The Morgan fingerprint density at radius 3 is 2.53 bits per heavy atom. The van der Waals surface area contributed by atoms with Crippen LogP contribution in [0.3, 0.4) is 0 Å². The summed E-state index contributed by atoms with van der Waals surface area (Å²) in [4.78, 5) is 14.1. The topological polar surface area (TPSA) is 58.4 Å². The van der Waals surface area contributed by atoms with E-state index in [0.29, 0.717) is 0 Å². The molecule has 2 unspecified atom stereocenters. The molecule has 1 amide bonds. The van der Waals surface area contributed by atoms with E-state index in [1.54, 1.807) is 0 Å². The van der Waals surface area contributed by atoms with E-state index in [4.69, 9.17) is 5.73 Å². The number of hydrogen-bond acceptors (Lipinski definition) is 3. The highest BCUT2D eigenvalue weighted by atomic mass is 35.5. The van der Waals surface area contributed by atoms with Crippen LogP contribution in [0.2, 0.25) is 0 Å². The minimum atomic E-state index is 0. The van der Waals surface area contributed by atoms with Gasteiger partial charge in [-0.25, -0.2) is 0 Å². The standard InChI is InChI=1S/C13H27N3O.2ClH/c1-3-4-8-16(2)9-7-15-13(17)11-5-6-12(14)10-11;;/h11-12H,3-10,14H2,1-2H3,(H,15,17);2*1H. The molecule has 0 saturated heterocycles. The van der Waals surface area contributed by atoms with Crippen LogP contribution >= 0.6 is 24.8 Å². The quantitative estimate of drug-likeness (QED) is 0.753. The van der Waals surface area contributed by atoms with Crippen molar-refractivity contribution in [2.75, 3.05) is 26.7 Å². The monoisotopic (exact) mass is 313 g/mol. The number of amides is 1. The Morgan fingerprint density at radius 1 is 1.32 bits per heavy atom. The third-order valence-corrected chi connectivity index (χ3v) is 3.53. The van der Waals surface area contributed by atoms with E-state index in [9.17, 15) is 4.79 Å². The van der Waals surface area contributed by atoms with Crippen molar-refractivity contribution in [1.29, 1.82) is 0 Å². The molecule has 4 nitrogen and oxygen atoms in total. The van der Waals surface area contributed by atoms with Crippen molar-refractivity contribution in [1.82, 2.24) is 10.2 Å². The molecular weight excluding hydrogens is 285 g/mol. The number of nitrogens with one attached hydrogen (secondary N) is 1. The Balaban J connectivity index is 0. The number of unbranched alkanes of at least 4 members (excludes halogenated alkanes) is 1. The number of carbonyl (C=O) groups is 1. The van der Waals surface area contributed by atoms with Gasteiger partial charge in [0.15, 0.2) is 0 Å². The number of hydrogen-bond donors (Lipinski definition) is 2. The van der Waals surface area contributed by atoms with E-state index in [1.807, 2.05) is 0 Å². The van der Waals surface area contributed by atoms with E-state index in [2.05, 4.69) is 24.2 Å². The first-order chi connectivity index (χ1) is 8.13. The van der Waals surface area contributed by atoms with Gasteiger partial charge in [0.1, 0.15) is 0 Å². The highest BCUT2D eigenvalue weighted by molar-refractivity contribution is 5.85. The zero-order valence-corrected chi connectivity index (χ0v) is 13.7. The molecule has 0 bridgehead atoms. The van der Waals surface area contributed by atoms with E-state index in [1.165, 1.54) is 12.8 Å². The molecular formula is C13H29Cl2N3O. The maximum atomic E-state index is 11.8. The van der Waals surface area contributed by atoms with Crippen LogP contribution in [0.25, 0.3) is 0 Å². The van der Waals surface area contributed by atoms with Crippen LogP contribution in [-0.2, 0) is 4.79 Å². The Labute approximate surface area is 129 Å². The van der Waals surface area contributed by atoms with Crippen LogP contribution in [0.15, 0.2) is 0 Å². The highest BCUT2D eigenvalue weighted by Crippen LogP contribution is 2.23. The molecule has 1 aliphatic rings. The van der Waals surface area contributed by atoms with Crippen molar-refractivity contribution in [3.63, 3.8) is 0 Å². The first kappa shape index (κ1) is 21.3. The summed E-state index contributed by atoms with van der Waals surface area (Å²) < 4.78 is 0. The second kappa shape index (κ2) is 11.8. The SMILES string of the molecule is CCCCN(C)CCNC(=O)C1CCC(N)C1.Cl.Cl.